The molecule has 0 atom stereocenters. The monoisotopic (exact) mass is 280 g/mol. The maximum absolute atomic E-state index is 6.20. The Bertz CT molecular complexity index is 465. The predicted molar refractivity (Wildman–Crippen MR) is 75.8 cm³/mol. The Morgan fingerprint density at radius 2 is 1.74 bits per heavy atom. The zero-order valence-corrected chi connectivity index (χ0v) is 12.4. The second-order valence-corrected chi connectivity index (χ2v) is 6.43. The molecular weight excluding hydrogens is 260 g/mol. The van der Waals surface area contributed by atoms with Gasteiger partial charge in [0.1, 0.15) is 17.1 Å². The van der Waals surface area contributed by atoms with E-state index in [9.17, 15) is 0 Å². The normalized spacial score (nSPS) is 27.3. The first-order valence-corrected chi connectivity index (χ1v) is 7.72. The quantitative estimate of drug-likeness (QED) is 0.776. The molecule has 0 N–H and O–H groups in total. The van der Waals surface area contributed by atoms with E-state index >= 15 is 0 Å². The van der Waals surface area contributed by atoms with E-state index in [4.69, 9.17) is 16.3 Å². The van der Waals surface area contributed by atoms with E-state index in [1.807, 2.05) is 6.92 Å². The van der Waals surface area contributed by atoms with Gasteiger partial charge in [0.15, 0.2) is 0 Å². The van der Waals surface area contributed by atoms with Crippen molar-refractivity contribution in [3.8, 4) is 5.88 Å². The van der Waals surface area contributed by atoms with Crippen LogP contribution in [0.25, 0.3) is 0 Å². The van der Waals surface area contributed by atoms with Gasteiger partial charge in [-0.3, -0.25) is 0 Å². The maximum atomic E-state index is 6.20. The number of rotatable bonds is 3. The Balaban J connectivity index is 1.75. The topological polar surface area (TPSA) is 35.0 Å². The van der Waals surface area contributed by atoms with Crippen LogP contribution in [-0.2, 0) is 0 Å². The fourth-order valence-electron chi connectivity index (χ4n) is 2.63. The lowest BCUT2D eigenvalue weighted by Crippen LogP contribution is -2.24. The summed E-state index contributed by atoms with van der Waals surface area (Å²) in [5.41, 5.74) is 0.879. The van der Waals surface area contributed by atoms with Crippen LogP contribution in [-0.4, -0.2) is 16.1 Å². The SMILES string of the molecule is Cc1c(Cl)nc(C2CC2)nc1OC1CCC(C)CC1. The van der Waals surface area contributed by atoms with Gasteiger partial charge in [-0.1, -0.05) is 18.5 Å². The number of aromatic nitrogens is 2. The molecule has 19 heavy (non-hydrogen) atoms. The van der Waals surface area contributed by atoms with Crippen LogP contribution in [0, 0.1) is 12.8 Å². The van der Waals surface area contributed by atoms with Gasteiger partial charge in [-0.05, 0) is 51.4 Å². The first-order chi connectivity index (χ1) is 9.13. The summed E-state index contributed by atoms with van der Waals surface area (Å²) in [6, 6.07) is 0. The minimum absolute atomic E-state index is 0.299. The van der Waals surface area contributed by atoms with Crippen molar-refractivity contribution in [1.82, 2.24) is 9.97 Å². The van der Waals surface area contributed by atoms with Crippen LogP contribution >= 0.6 is 11.6 Å². The molecule has 3 rings (SSSR count). The Morgan fingerprint density at radius 3 is 2.37 bits per heavy atom. The first-order valence-electron chi connectivity index (χ1n) is 7.34. The zero-order valence-electron chi connectivity index (χ0n) is 11.7. The largest absolute Gasteiger partial charge is 0.474 e. The van der Waals surface area contributed by atoms with Crippen molar-refractivity contribution < 1.29 is 4.74 Å². The lowest BCUT2D eigenvalue weighted by atomic mass is 9.89. The van der Waals surface area contributed by atoms with Gasteiger partial charge in [0.25, 0.3) is 0 Å². The lowest BCUT2D eigenvalue weighted by molar-refractivity contribution is 0.128. The highest BCUT2D eigenvalue weighted by atomic mass is 35.5. The van der Waals surface area contributed by atoms with Gasteiger partial charge in [-0.15, -0.1) is 0 Å². The highest BCUT2D eigenvalue weighted by Crippen LogP contribution is 2.40. The Kier molecular flexibility index (Phi) is 3.66. The minimum Gasteiger partial charge on any atom is -0.474 e. The maximum Gasteiger partial charge on any atom is 0.221 e. The van der Waals surface area contributed by atoms with E-state index in [2.05, 4.69) is 16.9 Å². The van der Waals surface area contributed by atoms with Gasteiger partial charge in [-0.2, -0.15) is 4.98 Å². The van der Waals surface area contributed by atoms with Crippen molar-refractivity contribution >= 4 is 11.6 Å². The van der Waals surface area contributed by atoms with E-state index in [0.29, 0.717) is 23.1 Å². The number of hydrogen-bond acceptors (Lipinski definition) is 3. The average molecular weight is 281 g/mol. The lowest BCUT2D eigenvalue weighted by Gasteiger charge is -2.27. The predicted octanol–water partition coefficient (Wildman–Crippen LogP) is 4.27. The molecule has 2 saturated carbocycles. The van der Waals surface area contributed by atoms with Crippen LogP contribution in [0.5, 0.6) is 5.88 Å². The third-order valence-corrected chi connectivity index (χ3v) is 4.61. The van der Waals surface area contributed by atoms with E-state index in [0.717, 1.165) is 30.1 Å². The molecular formula is C15H21ClN2O. The molecule has 0 aromatic carbocycles. The molecule has 2 aliphatic rings. The fourth-order valence-corrected chi connectivity index (χ4v) is 2.80. The van der Waals surface area contributed by atoms with E-state index in [1.54, 1.807) is 0 Å². The minimum atomic E-state index is 0.299. The molecule has 0 aliphatic heterocycles. The second kappa shape index (κ2) is 5.28. The summed E-state index contributed by atoms with van der Waals surface area (Å²) in [5.74, 6) is 2.92. The summed E-state index contributed by atoms with van der Waals surface area (Å²) >= 11 is 6.20. The number of halogens is 1. The van der Waals surface area contributed by atoms with Crippen molar-refractivity contribution in [3.05, 3.63) is 16.5 Å². The third-order valence-electron chi connectivity index (χ3n) is 4.24. The molecule has 4 heteroatoms. The molecule has 0 radical (unpaired) electrons. The molecule has 0 amide bonds. The fraction of sp³-hybridized carbons (Fsp3) is 0.733. The van der Waals surface area contributed by atoms with E-state index in [-0.39, 0.29) is 0 Å². The van der Waals surface area contributed by atoms with Gasteiger partial charge in [-0.25, -0.2) is 4.98 Å². The van der Waals surface area contributed by atoms with Crippen LogP contribution in [0.2, 0.25) is 5.15 Å². The van der Waals surface area contributed by atoms with Crippen LogP contribution in [0.1, 0.15) is 62.8 Å². The molecule has 2 aliphatic carbocycles. The summed E-state index contributed by atoms with van der Waals surface area (Å²) in [6.07, 6.45) is 7.41. The van der Waals surface area contributed by atoms with Crippen molar-refractivity contribution in [1.29, 1.82) is 0 Å². The summed E-state index contributed by atoms with van der Waals surface area (Å²) < 4.78 is 6.10. The number of hydrogen-bond donors (Lipinski definition) is 0. The Labute approximate surface area is 119 Å². The average Bonchev–Trinajstić information content (AvgIpc) is 3.21. The standard InChI is InChI=1S/C15H21ClN2O/c1-9-3-7-12(8-4-9)19-15-10(2)13(16)17-14(18-15)11-5-6-11/h9,11-12H,3-8H2,1-2H3. The Morgan fingerprint density at radius 1 is 1.05 bits per heavy atom. The number of ether oxygens (including phenoxy) is 1. The summed E-state index contributed by atoms with van der Waals surface area (Å²) in [5, 5.41) is 0.552. The molecule has 2 fully saturated rings. The molecule has 0 spiro atoms. The van der Waals surface area contributed by atoms with Crippen molar-refractivity contribution in [2.24, 2.45) is 5.92 Å². The van der Waals surface area contributed by atoms with Crippen LogP contribution in [0.15, 0.2) is 0 Å². The van der Waals surface area contributed by atoms with Gasteiger partial charge < -0.3 is 4.74 Å². The van der Waals surface area contributed by atoms with Crippen LogP contribution in [0.3, 0.4) is 0 Å². The molecule has 0 unspecified atom stereocenters. The zero-order chi connectivity index (χ0) is 13.4. The van der Waals surface area contributed by atoms with Crippen LogP contribution < -0.4 is 4.74 Å². The second-order valence-electron chi connectivity index (χ2n) is 6.08. The highest BCUT2D eigenvalue weighted by molar-refractivity contribution is 6.30. The Hall–Kier alpha value is -0.830. The number of nitrogens with zero attached hydrogens (tertiary/aromatic N) is 2. The summed E-state index contributed by atoms with van der Waals surface area (Å²) in [7, 11) is 0. The van der Waals surface area contributed by atoms with Crippen molar-refractivity contribution in [3.63, 3.8) is 0 Å². The smallest absolute Gasteiger partial charge is 0.221 e. The molecule has 0 saturated heterocycles. The third kappa shape index (κ3) is 3.02. The molecule has 1 aromatic rings. The molecule has 104 valence electrons. The van der Waals surface area contributed by atoms with E-state index < -0.39 is 0 Å². The van der Waals surface area contributed by atoms with Gasteiger partial charge in [0.05, 0.1) is 0 Å². The highest BCUT2D eigenvalue weighted by Gasteiger charge is 2.29. The van der Waals surface area contributed by atoms with E-state index in [1.165, 1.54) is 25.7 Å². The molecule has 3 nitrogen and oxygen atoms in total. The summed E-state index contributed by atoms with van der Waals surface area (Å²) in [4.78, 5) is 8.97. The summed E-state index contributed by atoms with van der Waals surface area (Å²) in [6.45, 7) is 4.26. The van der Waals surface area contributed by atoms with Gasteiger partial charge >= 0.3 is 0 Å². The molecule has 1 aromatic heterocycles. The molecule has 0 bridgehead atoms. The van der Waals surface area contributed by atoms with Gasteiger partial charge in [0, 0.05) is 11.5 Å². The van der Waals surface area contributed by atoms with Crippen molar-refractivity contribution in [2.75, 3.05) is 0 Å². The van der Waals surface area contributed by atoms with Gasteiger partial charge in [0.2, 0.25) is 5.88 Å². The first kappa shape index (κ1) is 13.2. The van der Waals surface area contributed by atoms with Crippen molar-refractivity contribution in [2.45, 2.75) is 64.4 Å². The van der Waals surface area contributed by atoms with Crippen LogP contribution in [0.4, 0.5) is 0 Å². The molecule has 1 heterocycles.